The van der Waals surface area contributed by atoms with E-state index in [1.165, 1.54) is 11.6 Å². The lowest BCUT2D eigenvalue weighted by Gasteiger charge is -2.03. The normalized spacial score (nSPS) is 10.7. The molecule has 0 aliphatic rings. The van der Waals surface area contributed by atoms with Gasteiger partial charge in [-0.15, -0.1) is 0 Å². The van der Waals surface area contributed by atoms with Gasteiger partial charge in [-0.25, -0.2) is 0 Å². The topological polar surface area (TPSA) is 29.1 Å². The third-order valence-corrected chi connectivity index (χ3v) is 3.14. The smallest absolute Gasteiger partial charge is 0.244 e. The predicted molar refractivity (Wildman–Crippen MR) is 83.5 cm³/mol. The van der Waals surface area contributed by atoms with Gasteiger partial charge >= 0.3 is 0 Å². The highest BCUT2D eigenvalue weighted by Gasteiger charge is 1.97. The fourth-order valence-corrected chi connectivity index (χ4v) is 1.83. The van der Waals surface area contributed by atoms with E-state index in [1.54, 1.807) is 18.2 Å². The summed E-state index contributed by atoms with van der Waals surface area (Å²) in [6.07, 6.45) is 3.29. The van der Waals surface area contributed by atoms with Gasteiger partial charge in [0.2, 0.25) is 5.91 Å². The fourth-order valence-electron chi connectivity index (χ4n) is 1.70. The third kappa shape index (κ3) is 4.56. The van der Waals surface area contributed by atoms with Crippen molar-refractivity contribution in [1.29, 1.82) is 0 Å². The molecule has 20 heavy (non-hydrogen) atoms. The van der Waals surface area contributed by atoms with E-state index in [2.05, 4.69) is 5.32 Å². The summed E-state index contributed by atoms with van der Waals surface area (Å²) >= 11 is 5.80. The molecule has 0 saturated carbocycles. The number of halogens is 1. The first-order valence-electron chi connectivity index (χ1n) is 6.40. The van der Waals surface area contributed by atoms with Crippen molar-refractivity contribution < 1.29 is 4.79 Å². The van der Waals surface area contributed by atoms with Crippen LogP contribution in [0.1, 0.15) is 16.7 Å². The van der Waals surface area contributed by atoms with E-state index in [-0.39, 0.29) is 5.91 Å². The van der Waals surface area contributed by atoms with Gasteiger partial charge in [-0.05, 0) is 36.3 Å². The van der Waals surface area contributed by atoms with Gasteiger partial charge in [0, 0.05) is 17.6 Å². The molecular formula is C17H16ClNO. The Balaban J connectivity index is 1.86. The lowest BCUT2D eigenvalue weighted by atomic mass is 10.1. The standard InChI is InChI=1S/C17H16ClNO/c1-13-2-4-15(5-3-13)12-19-17(20)11-8-14-6-9-16(18)10-7-14/h2-11H,12H2,1H3,(H,19,20)/b11-8+. The van der Waals surface area contributed by atoms with Crippen molar-refractivity contribution in [1.82, 2.24) is 5.32 Å². The number of hydrogen-bond donors (Lipinski definition) is 1. The van der Waals surface area contributed by atoms with E-state index >= 15 is 0 Å². The highest BCUT2D eigenvalue weighted by atomic mass is 35.5. The van der Waals surface area contributed by atoms with Crippen LogP contribution in [0.25, 0.3) is 6.08 Å². The first kappa shape index (κ1) is 14.4. The number of hydrogen-bond acceptors (Lipinski definition) is 1. The zero-order valence-electron chi connectivity index (χ0n) is 11.3. The lowest BCUT2D eigenvalue weighted by molar-refractivity contribution is -0.116. The van der Waals surface area contributed by atoms with Gasteiger partial charge in [-0.3, -0.25) is 4.79 Å². The second kappa shape index (κ2) is 6.92. The lowest BCUT2D eigenvalue weighted by Crippen LogP contribution is -2.20. The van der Waals surface area contributed by atoms with Crippen LogP contribution in [0.2, 0.25) is 5.02 Å². The largest absolute Gasteiger partial charge is 0.348 e. The maximum Gasteiger partial charge on any atom is 0.244 e. The van der Waals surface area contributed by atoms with Gasteiger partial charge in [-0.1, -0.05) is 53.6 Å². The summed E-state index contributed by atoms with van der Waals surface area (Å²) < 4.78 is 0. The van der Waals surface area contributed by atoms with E-state index in [0.717, 1.165) is 11.1 Å². The van der Waals surface area contributed by atoms with E-state index in [0.29, 0.717) is 11.6 Å². The number of carbonyl (C=O) groups is 1. The molecule has 0 atom stereocenters. The zero-order chi connectivity index (χ0) is 14.4. The average Bonchev–Trinajstić information content (AvgIpc) is 2.46. The van der Waals surface area contributed by atoms with Crippen LogP contribution in [0.4, 0.5) is 0 Å². The Morgan fingerprint density at radius 3 is 2.40 bits per heavy atom. The Morgan fingerprint density at radius 1 is 1.10 bits per heavy atom. The second-order valence-corrected chi connectivity index (χ2v) is 5.02. The summed E-state index contributed by atoms with van der Waals surface area (Å²) in [4.78, 5) is 11.7. The minimum Gasteiger partial charge on any atom is -0.348 e. The van der Waals surface area contributed by atoms with Gasteiger partial charge in [0.1, 0.15) is 0 Å². The first-order valence-corrected chi connectivity index (χ1v) is 6.78. The number of benzene rings is 2. The second-order valence-electron chi connectivity index (χ2n) is 4.59. The third-order valence-electron chi connectivity index (χ3n) is 2.88. The summed E-state index contributed by atoms with van der Waals surface area (Å²) in [5.74, 6) is -0.111. The summed E-state index contributed by atoms with van der Waals surface area (Å²) in [5.41, 5.74) is 3.24. The van der Waals surface area contributed by atoms with E-state index in [9.17, 15) is 4.79 Å². The number of carbonyl (C=O) groups excluding carboxylic acids is 1. The molecule has 0 aliphatic carbocycles. The number of nitrogens with one attached hydrogen (secondary N) is 1. The van der Waals surface area contributed by atoms with Crippen LogP contribution in [0.15, 0.2) is 54.6 Å². The van der Waals surface area contributed by atoms with Crippen molar-refractivity contribution in [2.75, 3.05) is 0 Å². The van der Waals surface area contributed by atoms with Crippen molar-refractivity contribution in [3.63, 3.8) is 0 Å². The summed E-state index contributed by atoms with van der Waals surface area (Å²) in [5, 5.41) is 3.53. The fraction of sp³-hybridized carbons (Fsp3) is 0.118. The molecule has 1 N–H and O–H groups in total. The van der Waals surface area contributed by atoms with Crippen LogP contribution in [0.3, 0.4) is 0 Å². The molecule has 2 rings (SSSR count). The number of rotatable bonds is 4. The maximum atomic E-state index is 11.7. The molecule has 2 aromatic rings. The molecule has 2 aromatic carbocycles. The molecule has 0 radical (unpaired) electrons. The Morgan fingerprint density at radius 2 is 1.75 bits per heavy atom. The van der Waals surface area contributed by atoms with E-state index in [1.807, 2.05) is 43.3 Å². The number of aryl methyl sites for hydroxylation is 1. The van der Waals surface area contributed by atoms with Crippen molar-refractivity contribution in [3.05, 3.63) is 76.3 Å². The molecular weight excluding hydrogens is 270 g/mol. The maximum absolute atomic E-state index is 11.7. The predicted octanol–water partition coefficient (Wildman–Crippen LogP) is 3.98. The molecule has 0 bridgehead atoms. The van der Waals surface area contributed by atoms with Crippen LogP contribution in [0.5, 0.6) is 0 Å². The molecule has 0 aromatic heterocycles. The van der Waals surface area contributed by atoms with Gasteiger partial charge in [0.25, 0.3) is 0 Å². The van der Waals surface area contributed by atoms with Gasteiger partial charge in [0.15, 0.2) is 0 Å². The summed E-state index contributed by atoms with van der Waals surface area (Å²) in [6, 6.07) is 15.4. The van der Waals surface area contributed by atoms with Crippen LogP contribution in [0, 0.1) is 6.92 Å². The first-order chi connectivity index (χ1) is 9.63. The monoisotopic (exact) mass is 285 g/mol. The molecule has 0 heterocycles. The molecule has 1 amide bonds. The van der Waals surface area contributed by atoms with Crippen LogP contribution in [-0.2, 0) is 11.3 Å². The minimum atomic E-state index is -0.111. The average molecular weight is 286 g/mol. The minimum absolute atomic E-state index is 0.111. The molecule has 102 valence electrons. The summed E-state index contributed by atoms with van der Waals surface area (Å²) in [7, 11) is 0. The molecule has 0 aliphatic heterocycles. The molecule has 0 spiro atoms. The molecule has 3 heteroatoms. The van der Waals surface area contributed by atoms with Crippen molar-refractivity contribution >= 4 is 23.6 Å². The molecule has 0 saturated heterocycles. The Kier molecular flexibility index (Phi) is 4.97. The quantitative estimate of drug-likeness (QED) is 0.846. The zero-order valence-corrected chi connectivity index (χ0v) is 12.0. The SMILES string of the molecule is Cc1ccc(CNC(=O)/C=C/c2ccc(Cl)cc2)cc1. The number of amides is 1. The molecule has 0 unspecified atom stereocenters. The van der Waals surface area contributed by atoms with E-state index < -0.39 is 0 Å². The van der Waals surface area contributed by atoms with Crippen LogP contribution in [-0.4, -0.2) is 5.91 Å². The van der Waals surface area contributed by atoms with E-state index in [4.69, 9.17) is 11.6 Å². The Labute approximate surface area is 124 Å². The van der Waals surface area contributed by atoms with Crippen LogP contribution < -0.4 is 5.32 Å². The highest BCUT2D eigenvalue weighted by Crippen LogP contribution is 2.10. The van der Waals surface area contributed by atoms with Crippen molar-refractivity contribution in [3.8, 4) is 0 Å². The molecule has 2 nitrogen and oxygen atoms in total. The van der Waals surface area contributed by atoms with Gasteiger partial charge in [-0.2, -0.15) is 0 Å². The van der Waals surface area contributed by atoms with Crippen molar-refractivity contribution in [2.24, 2.45) is 0 Å². The molecule has 0 fully saturated rings. The Hall–Kier alpha value is -2.06. The van der Waals surface area contributed by atoms with Gasteiger partial charge < -0.3 is 5.32 Å². The van der Waals surface area contributed by atoms with Gasteiger partial charge in [0.05, 0.1) is 0 Å². The summed E-state index contributed by atoms with van der Waals surface area (Å²) in [6.45, 7) is 2.57. The highest BCUT2D eigenvalue weighted by molar-refractivity contribution is 6.30. The Bertz CT molecular complexity index is 600. The van der Waals surface area contributed by atoms with Crippen molar-refractivity contribution in [2.45, 2.75) is 13.5 Å². The van der Waals surface area contributed by atoms with Crippen LogP contribution >= 0.6 is 11.6 Å².